The van der Waals surface area contributed by atoms with Gasteiger partial charge in [0, 0.05) is 16.4 Å². The maximum absolute atomic E-state index is 11.7. The van der Waals surface area contributed by atoms with Gasteiger partial charge in [0.15, 0.2) is 0 Å². The Hall–Kier alpha value is -1.32. The monoisotopic (exact) mass is 265 g/mol. The van der Waals surface area contributed by atoms with Gasteiger partial charge in [0.1, 0.15) is 0 Å². The summed E-state index contributed by atoms with van der Waals surface area (Å²) in [6, 6.07) is 11.5. The number of nitrogens with one attached hydrogen (secondary N) is 1. The number of thiophene rings is 1. The highest BCUT2D eigenvalue weighted by atomic mass is 35.5. The fraction of sp³-hybridized carbons (Fsp3) is 0.154. The van der Waals surface area contributed by atoms with Crippen molar-refractivity contribution in [2.24, 2.45) is 0 Å². The van der Waals surface area contributed by atoms with Crippen LogP contribution in [-0.2, 0) is 17.1 Å². The second kappa shape index (κ2) is 5.84. The van der Waals surface area contributed by atoms with Crippen LogP contribution in [0.5, 0.6) is 0 Å². The van der Waals surface area contributed by atoms with E-state index in [2.05, 4.69) is 5.32 Å². The smallest absolute Gasteiger partial charge is 0.229 e. The molecular weight excluding hydrogens is 254 g/mol. The second-order valence-electron chi connectivity index (χ2n) is 3.63. The number of benzene rings is 1. The first-order valence-electron chi connectivity index (χ1n) is 5.25. The molecule has 2 aromatic rings. The lowest BCUT2D eigenvalue weighted by Crippen LogP contribution is -2.13. The summed E-state index contributed by atoms with van der Waals surface area (Å²) in [6.07, 6.45) is 0.426. The summed E-state index contributed by atoms with van der Waals surface area (Å²) in [7, 11) is 0. The molecule has 88 valence electrons. The molecule has 0 aliphatic rings. The number of rotatable bonds is 4. The van der Waals surface area contributed by atoms with Crippen LogP contribution in [0.15, 0.2) is 41.8 Å². The lowest BCUT2D eigenvalue weighted by atomic mass is 10.2. The van der Waals surface area contributed by atoms with Gasteiger partial charge in [-0.15, -0.1) is 22.9 Å². The summed E-state index contributed by atoms with van der Waals surface area (Å²) in [5.41, 5.74) is 1.85. The zero-order valence-electron chi connectivity index (χ0n) is 9.15. The number of carbonyl (C=O) groups is 1. The van der Waals surface area contributed by atoms with Crippen molar-refractivity contribution in [3.05, 3.63) is 52.2 Å². The largest absolute Gasteiger partial charge is 0.326 e. The number of alkyl halides is 1. The van der Waals surface area contributed by atoms with Crippen LogP contribution in [-0.4, -0.2) is 5.91 Å². The number of hydrogen-bond donors (Lipinski definition) is 1. The van der Waals surface area contributed by atoms with Crippen molar-refractivity contribution in [3.63, 3.8) is 0 Å². The first kappa shape index (κ1) is 12.1. The Bertz CT molecular complexity index is 479. The Labute approximate surface area is 109 Å². The first-order valence-corrected chi connectivity index (χ1v) is 6.66. The van der Waals surface area contributed by atoms with E-state index in [4.69, 9.17) is 11.6 Å². The summed E-state index contributed by atoms with van der Waals surface area (Å²) in [5.74, 6) is 0.495. The van der Waals surface area contributed by atoms with Crippen molar-refractivity contribution >= 4 is 34.5 Å². The van der Waals surface area contributed by atoms with Gasteiger partial charge in [-0.05, 0) is 29.1 Å². The van der Waals surface area contributed by atoms with E-state index in [1.54, 1.807) is 11.3 Å². The number of amides is 1. The molecule has 1 aromatic carbocycles. The van der Waals surface area contributed by atoms with Gasteiger partial charge >= 0.3 is 0 Å². The molecule has 0 aliphatic carbocycles. The third-order valence-corrected chi connectivity index (χ3v) is 3.49. The fourth-order valence-electron chi connectivity index (χ4n) is 1.45. The highest BCUT2D eigenvalue weighted by Gasteiger charge is 2.04. The van der Waals surface area contributed by atoms with Crippen LogP contribution in [0.3, 0.4) is 0 Å². The van der Waals surface area contributed by atoms with Crippen LogP contribution in [0.2, 0.25) is 0 Å². The van der Waals surface area contributed by atoms with Crippen LogP contribution < -0.4 is 5.32 Å². The molecule has 0 unspecified atom stereocenters. The first-order chi connectivity index (χ1) is 8.28. The molecule has 0 aliphatic heterocycles. The van der Waals surface area contributed by atoms with E-state index in [0.29, 0.717) is 12.3 Å². The summed E-state index contributed by atoms with van der Waals surface area (Å²) in [5, 5.41) is 4.83. The minimum atomic E-state index is 0.00562. The molecule has 4 heteroatoms. The molecule has 1 heterocycles. The molecule has 0 saturated carbocycles. The minimum absolute atomic E-state index is 0.00562. The lowest BCUT2D eigenvalue weighted by molar-refractivity contribution is -0.115. The van der Waals surface area contributed by atoms with Crippen LogP contribution in [0, 0.1) is 0 Å². The summed E-state index contributed by atoms with van der Waals surface area (Å²) in [4.78, 5) is 12.8. The van der Waals surface area contributed by atoms with Crippen molar-refractivity contribution < 1.29 is 4.79 Å². The molecule has 1 amide bonds. The molecular formula is C13H12ClNOS. The summed E-state index contributed by atoms with van der Waals surface area (Å²) in [6.45, 7) is 0. The Balaban J connectivity index is 1.93. The average molecular weight is 266 g/mol. The molecule has 0 fully saturated rings. The Kier molecular flexibility index (Phi) is 4.18. The SMILES string of the molecule is O=C(Cc1cccs1)Nc1ccc(CCl)cc1. The molecule has 1 aromatic heterocycles. The van der Waals surface area contributed by atoms with Gasteiger partial charge in [0.2, 0.25) is 5.91 Å². The zero-order chi connectivity index (χ0) is 12.1. The van der Waals surface area contributed by atoms with Gasteiger partial charge in [0.05, 0.1) is 6.42 Å². The lowest BCUT2D eigenvalue weighted by Gasteiger charge is -2.04. The zero-order valence-corrected chi connectivity index (χ0v) is 10.7. The predicted octanol–water partition coefficient (Wildman–Crippen LogP) is 3.67. The molecule has 0 radical (unpaired) electrons. The third kappa shape index (κ3) is 3.58. The summed E-state index contributed by atoms with van der Waals surface area (Å²) >= 11 is 7.28. The van der Waals surface area contributed by atoms with Crippen molar-refractivity contribution in [2.75, 3.05) is 5.32 Å². The van der Waals surface area contributed by atoms with Crippen LogP contribution in [0.25, 0.3) is 0 Å². The van der Waals surface area contributed by atoms with E-state index in [1.807, 2.05) is 41.8 Å². The highest BCUT2D eigenvalue weighted by molar-refractivity contribution is 7.10. The van der Waals surface area contributed by atoms with E-state index in [1.165, 1.54) is 0 Å². The maximum Gasteiger partial charge on any atom is 0.229 e. The van der Waals surface area contributed by atoms with Gasteiger partial charge in [-0.2, -0.15) is 0 Å². The molecule has 0 spiro atoms. The van der Waals surface area contributed by atoms with E-state index < -0.39 is 0 Å². The third-order valence-electron chi connectivity index (χ3n) is 2.31. The van der Waals surface area contributed by atoms with Crippen molar-refractivity contribution in [1.29, 1.82) is 0 Å². The van der Waals surface area contributed by atoms with E-state index in [9.17, 15) is 4.79 Å². The van der Waals surface area contributed by atoms with E-state index in [0.717, 1.165) is 16.1 Å². The standard InChI is InChI=1S/C13H12ClNOS/c14-9-10-3-5-11(6-4-10)15-13(16)8-12-2-1-7-17-12/h1-7H,8-9H2,(H,15,16). The molecule has 2 nitrogen and oxygen atoms in total. The topological polar surface area (TPSA) is 29.1 Å². The fourth-order valence-corrected chi connectivity index (χ4v) is 2.34. The molecule has 2 rings (SSSR count). The molecule has 1 N–H and O–H groups in total. The second-order valence-corrected chi connectivity index (χ2v) is 4.93. The van der Waals surface area contributed by atoms with Crippen molar-refractivity contribution in [1.82, 2.24) is 0 Å². The molecule has 17 heavy (non-hydrogen) atoms. The number of anilines is 1. The summed E-state index contributed by atoms with van der Waals surface area (Å²) < 4.78 is 0. The predicted molar refractivity (Wildman–Crippen MR) is 72.7 cm³/mol. The normalized spacial score (nSPS) is 10.2. The minimum Gasteiger partial charge on any atom is -0.326 e. The number of carbonyl (C=O) groups excluding carboxylic acids is 1. The Morgan fingerprint density at radius 1 is 1.24 bits per heavy atom. The van der Waals surface area contributed by atoms with E-state index in [-0.39, 0.29) is 5.91 Å². The van der Waals surface area contributed by atoms with Crippen LogP contribution >= 0.6 is 22.9 Å². The highest BCUT2D eigenvalue weighted by Crippen LogP contribution is 2.13. The Morgan fingerprint density at radius 3 is 2.59 bits per heavy atom. The van der Waals surface area contributed by atoms with Gasteiger partial charge in [-0.1, -0.05) is 18.2 Å². The van der Waals surface area contributed by atoms with Gasteiger partial charge in [0.25, 0.3) is 0 Å². The van der Waals surface area contributed by atoms with Crippen molar-refractivity contribution in [2.45, 2.75) is 12.3 Å². The quantitative estimate of drug-likeness (QED) is 0.840. The van der Waals surface area contributed by atoms with Gasteiger partial charge in [-0.25, -0.2) is 0 Å². The van der Waals surface area contributed by atoms with E-state index >= 15 is 0 Å². The van der Waals surface area contributed by atoms with Crippen LogP contribution in [0.1, 0.15) is 10.4 Å². The van der Waals surface area contributed by atoms with Crippen molar-refractivity contribution in [3.8, 4) is 0 Å². The van der Waals surface area contributed by atoms with Crippen LogP contribution in [0.4, 0.5) is 5.69 Å². The maximum atomic E-state index is 11.7. The number of hydrogen-bond acceptors (Lipinski definition) is 2. The molecule has 0 atom stereocenters. The molecule has 0 bridgehead atoms. The van der Waals surface area contributed by atoms with Gasteiger partial charge < -0.3 is 5.32 Å². The molecule has 0 saturated heterocycles. The van der Waals surface area contributed by atoms with Gasteiger partial charge in [-0.3, -0.25) is 4.79 Å². The average Bonchev–Trinajstić information content (AvgIpc) is 2.82. The Morgan fingerprint density at radius 2 is 2.00 bits per heavy atom. The number of halogens is 1.